The first kappa shape index (κ1) is 25.1. The summed E-state index contributed by atoms with van der Waals surface area (Å²) in [6.07, 6.45) is 5.97. The first-order valence-corrected chi connectivity index (χ1v) is 11.5. The number of carbonyl (C=O) groups excluding carboxylic acids is 2. The number of hydrogen-bond donors (Lipinski definition) is 4. The molecular formula is C27H27N7O3. The highest BCUT2D eigenvalue weighted by atomic mass is 16.6. The molecule has 2 amide bonds. The van der Waals surface area contributed by atoms with Crippen molar-refractivity contribution in [1.29, 1.82) is 0 Å². The zero-order valence-electron chi connectivity index (χ0n) is 20.6. The van der Waals surface area contributed by atoms with Crippen molar-refractivity contribution in [2.24, 2.45) is 0 Å². The summed E-state index contributed by atoms with van der Waals surface area (Å²) in [5.74, 6) is 0.438. The number of carbonyl (C=O) groups is 2. The third-order valence-electron chi connectivity index (χ3n) is 4.77. The highest BCUT2D eigenvalue weighted by Crippen LogP contribution is 2.22. The predicted octanol–water partition coefficient (Wildman–Crippen LogP) is 5.96. The molecule has 3 aromatic heterocycles. The molecule has 0 fully saturated rings. The fourth-order valence-corrected chi connectivity index (χ4v) is 3.26. The van der Waals surface area contributed by atoms with Crippen LogP contribution in [0.4, 0.5) is 39.2 Å². The van der Waals surface area contributed by atoms with Crippen molar-refractivity contribution in [1.82, 2.24) is 15.0 Å². The van der Waals surface area contributed by atoms with Gasteiger partial charge in [-0.3, -0.25) is 15.1 Å². The molecule has 4 rings (SSSR count). The van der Waals surface area contributed by atoms with Gasteiger partial charge in [0.25, 0.3) is 5.91 Å². The van der Waals surface area contributed by atoms with E-state index in [9.17, 15) is 9.59 Å². The van der Waals surface area contributed by atoms with Crippen molar-refractivity contribution >= 4 is 46.4 Å². The molecule has 188 valence electrons. The molecule has 0 aliphatic heterocycles. The van der Waals surface area contributed by atoms with Gasteiger partial charge in [0.1, 0.15) is 17.2 Å². The monoisotopic (exact) mass is 497 g/mol. The number of benzene rings is 1. The van der Waals surface area contributed by atoms with E-state index in [1.165, 1.54) is 0 Å². The van der Waals surface area contributed by atoms with E-state index in [0.717, 1.165) is 11.4 Å². The largest absolute Gasteiger partial charge is 0.444 e. The summed E-state index contributed by atoms with van der Waals surface area (Å²) in [7, 11) is 0. The Kier molecular flexibility index (Phi) is 7.58. The van der Waals surface area contributed by atoms with E-state index in [0.29, 0.717) is 28.6 Å². The standard InChI is InChI=1S/C27H27N7O3/c1-27(2,3)37-26(36)34-24-17-22(10-14-30-24)32-20-6-4-5-18(15-20)25(35)33-23-16-21(9-13-29-23)31-19-7-11-28-12-8-19/h4-17H,1-3H3,(H2,30,32,34,36)(H2,28,29,31,33,35). The Bertz CT molecular complexity index is 1390. The summed E-state index contributed by atoms with van der Waals surface area (Å²) in [5, 5.41) is 11.9. The second-order valence-electron chi connectivity index (χ2n) is 9.01. The fourth-order valence-electron chi connectivity index (χ4n) is 3.26. The Hall–Kier alpha value is -4.99. The lowest BCUT2D eigenvalue weighted by atomic mass is 10.2. The minimum Gasteiger partial charge on any atom is -0.444 e. The smallest absolute Gasteiger partial charge is 0.413 e. The van der Waals surface area contributed by atoms with Crippen LogP contribution < -0.4 is 21.3 Å². The Labute approximate surface area is 214 Å². The molecular weight excluding hydrogens is 470 g/mol. The molecule has 0 saturated heterocycles. The highest BCUT2D eigenvalue weighted by Gasteiger charge is 2.16. The third-order valence-corrected chi connectivity index (χ3v) is 4.77. The molecule has 0 saturated carbocycles. The quantitative estimate of drug-likeness (QED) is 0.246. The summed E-state index contributed by atoms with van der Waals surface area (Å²) in [5.41, 5.74) is 2.84. The molecule has 37 heavy (non-hydrogen) atoms. The lowest BCUT2D eigenvalue weighted by Crippen LogP contribution is -2.27. The number of nitrogens with one attached hydrogen (secondary N) is 4. The molecule has 0 atom stereocenters. The number of nitrogens with zero attached hydrogens (tertiary/aromatic N) is 3. The zero-order chi connectivity index (χ0) is 26.3. The van der Waals surface area contributed by atoms with Crippen molar-refractivity contribution in [3.05, 3.63) is 91.0 Å². The molecule has 1 aromatic carbocycles. The summed E-state index contributed by atoms with van der Waals surface area (Å²) < 4.78 is 5.26. The average molecular weight is 498 g/mol. The summed E-state index contributed by atoms with van der Waals surface area (Å²) >= 11 is 0. The van der Waals surface area contributed by atoms with E-state index in [4.69, 9.17) is 4.74 Å². The van der Waals surface area contributed by atoms with Crippen LogP contribution >= 0.6 is 0 Å². The van der Waals surface area contributed by atoms with Crippen molar-refractivity contribution < 1.29 is 14.3 Å². The Morgan fingerprint density at radius 2 is 1.27 bits per heavy atom. The molecule has 0 spiro atoms. The molecule has 0 aliphatic carbocycles. The second kappa shape index (κ2) is 11.2. The number of aromatic nitrogens is 3. The molecule has 0 unspecified atom stereocenters. The maximum atomic E-state index is 12.9. The Morgan fingerprint density at radius 3 is 1.92 bits per heavy atom. The van der Waals surface area contributed by atoms with Gasteiger partial charge < -0.3 is 20.7 Å². The van der Waals surface area contributed by atoms with E-state index in [-0.39, 0.29) is 5.91 Å². The van der Waals surface area contributed by atoms with Crippen molar-refractivity contribution in [2.75, 3.05) is 21.3 Å². The van der Waals surface area contributed by atoms with Crippen LogP contribution in [0.2, 0.25) is 0 Å². The fraction of sp³-hybridized carbons (Fsp3) is 0.148. The van der Waals surface area contributed by atoms with Gasteiger partial charge in [-0.1, -0.05) is 6.07 Å². The first-order chi connectivity index (χ1) is 17.7. The van der Waals surface area contributed by atoms with Gasteiger partial charge in [-0.2, -0.15) is 0 Å². The first-order valence-electron chi connectivity index (χ1n) is 11.5. The number of hydrogen-bond acceptors (Lipinski definition) is 8. The number of amides is 2. The zero-order valence-corrected chi connectivity index (χ0v) is 20.6. The van der Waals surface area contributed by atoms with Crippen molar-refractivity contribution in [3.8, 4) is 0 Å². The molecule has 0 radical (unpaired) electrons. The molecule has 10 heteroatoms. The van der Waals surface area contributed by atoms with Crippen LogP contribution in [0.25, 0.3) is 0 Å². The molecule has 10 nitrogen and oxygen atoms in total. The lowest BCUT2D eigenvalue weighted by Gasteiger charge is -2.19. The topological polar surface area (TPSA) is 130 Å². The van der Waals surface area contributed by atoms with Gasteiger partial charge in [-0.25, -0.2) is 14.8 Å². The normalized spacial score (nSPS) is 10.8. The molecule has 4 N–H and O–H groups in total. The van der Waals surface area contributed by atoms with Gasteiger partial charge in [-0.15, -0.1) is 0 Å². The molecule has 0 aliphatic rings. The number of pyridine rings is 3. The van der Waals surface area contributed by atoms with Gasteiger partial charge in [0.05, 0.1) is 0 Å². The van der Waals surface area contributed by atoms with Crippen LogP contribution in [0.3, 0.4) is 0 Å². The van der Waals surface area contributed by atoms with Gasteiger partial charge in [0.2, 0.25) is 0 Å². The summed E-state index contributed by atoms with van der Waals surface area (Å²) in [6.45, 7) is 5.36. The lowest BCUT2D eigenvalue weighted by molar-refractivity contribution is 0.0635. The van der Waals surface area contributed by atoms with Crippen molar-refractivity contribution in [3.63, 3.8) is 0 Å². The Balaban J connectivity index is 1.40. The van der Waals surface area contributed by atoms with Crippen LogP contribution in [0.5, 0.6) is 0 Å². The summed E-state index contributed by atoms with van der Waals surface area (Å²) in [6, 6.07) is 17.7. The van der Waals surface area contributed by atoms with Gasteiger partial charge in [-0.05, 0) is 63.2 Å². The minimum absolute atomic E-state index is 0.306. The SMILES string of the molecule is CC(C)(C)OC(=O)Nc1cc(Nc2cccc(C(=O)Nc3cc(Nc4ccncc4)ccn3)c2)ccn1. The van der Waals surface area contributed by atoms with Gasteiger partial charge in [0, 0.05) is 65.2 Å². The van der Waals surface area contributed by atoms with E-state index >= 15 is 0 Å². The van der Waals surface area contributed by atoms with E-state index in [1.54, 1.807) is 88.0 Å². The number of ether oxygens (including phenoxy) is 1. The van der Waals surface area contributed by atoms with Crippen LogP contribution in [0, 0.1) is 0 Å². The van der Waals surface area contributed by atoms with Crippen LogP contribution in [0.15, 0.2) is 85.5 Å². The predicted molar refractivity (Wildman–Crippen MR) is 144 cm³/mol. The van der Waals surface area contributed by atoms with E-state index < -0.39 is 11.7 Å². The van der Waals surface area contributed by atoms with Crippen LogP contribution in [-0.2, 0) is 4.74 Å². The average Bonchev–Trinajstić information content (AvgIpc) is 2.84. The van der Waals surface area contributed by atoms with E-state index in [1.807, 2.05) is 18.2 Å². The Morgan fingerprint density at radius 1 is 0.703 bits per heavy atom. The molecule has 4 aromatic rings. The van der Waals surface area contributed by atoms with E-state index in [2.05, 4.69) is 36.2 Å². The minimum atomic E-state index is -0.617. The molecule has 0 bridgehead atoms. The third kappa shape index (κ3) is 7.76. The maximum absolute atomic E-state index is 12.9. The van der Waals surface area contributed by atoms with Gasteiger partial charge in [0.15, 0.2) is 0 Å². The highest BCUT2D eigenvalue weighted by molar-refractivity contribution is 6.04. The summed E-state index contributed by atoms with van der Waals surface area (Å²) in [4.78, 5) is 37.3. The van der Waals surface area contributed by atoms with Crippen molar-refractivity contribution in [2.45, 2.75) is 26.4 Å². The molecule has 3 heterocycles. The van der Waals surface area contributed by atoms with Gasteiger partial charge >= 0.3 is 6.09 Å². The van der Waals surface area contributed by atoms with Crippen LogP contribution in [-0.4, -0.2) is 32.6 Å². The maximum Gasteiger partial charge on any atom is 0.413 e. The second-order valence-corrected chi connectivity index (χ2v) is 9.01. The number of rotatable bonds is 7. The number of anilines is 6. The van der Waals surface area contributed by atoms with Crippen LogP contribution in [0.1, 0.15) is 31.1 Å².